The average molecular weight is 287 g/mol. The van der Waals surface area contributed by atoms with Gasteiger partial charge in [-0.2, -0.15) is 0 Å². The standard InChI is InChI=1S/C15H21N5O/c1-10-7-13(10)14-6-5-12(21-14)8-19(2)9-15-16-17-18-20(15)11-3-4-11/h5-6,10-11,13H,3-4,7-9H2,1-2H3. The number of aromatic nitrogens is 4. The van der Waals surface area contributed by atoms with Gasteiger partial charge in [-0.15, -0.1) is 5.10 Å². The van der Waals surface area contributed by atoms with Gasteiger partial charge in [0.05, 0.1) is 19.1 Å². The normalized spacial score (nSPS) is 24.7. The first kappa shape index (κ1) is 13.0. The number of hydrogen-bond donors (Lipinski definition) is 0. The fourth-order valence-corrected chi connectivity index (χ4v) is 2.88. The quantitative estimate of drug-likeness (QED) is 0.816. The third kappa shape index (κ3) is 2.72. The largest absolute Gasteiger partial charge is 0.464 e. The number of nitrogens with zero attached hydrogens (tertiary/aromatic N) is 5. The summed E-state index contributed by atoms with van der Waals surface area (Å²) in [6, 6.07) is 4.75. The van der Waals surface area contributed by atoms with Gasteiger partial charge >= 0.3 is 0 Å². The molecule has 2 atom stereocenters. The van der Waals surface area contributed by atoms with Crippen molar-refractivity contribution in [2.24, 2.45) is 5.92 Å². The van der Waals surface area contributed by atoms with Gasteiger partial charge in [0.15, 0.2) is 5.82 Å². The van der Waals surface area contributed by atoms with Crippen LogP contribution in [0.4, 0.5) is 0 Å². The highest BCUT2D eigenvalue weighted by molar-refractivity contribution is 5.17. The predicted octanol–water partition coefficient (Wildman–Crippen LogP) is 2.36. The minimum Gasteiger partial charge on any atom is -0.464 e. The topological polar surface area (TPSA) is 60.0 Å². The summed E-state index contributed by atoms with van der Waals surface area (Å²) < 4.78 is 7.93. The number of hydrogen-bond acceptors (Lipinski definition) is 5. The molecule has 0 spiro atoms. The molecule has 2 aromatic rings. The first-order chi connectivity index (χ1) is 10.2. The molecule has 0 aromatic carbocycles. The van der Waals surface area contributed by atoms with Gasteiger partial charge in [-0.05, 0) is 54.8 Å². The van der Waals surface area contributed by atoms with Gasteiger partial charge in [0, 0.05) is 5.92 Å². The Balaban J connectivity index is 1.37. The maximum Gasteiger partial charge on any atom is 0.165 e. The van der Waals surface area contributed by atoms with E-state index in [4.69, 9.17) is 4.42 Å². The summed E-state index contributed by atoms with van der Waals surface area (Å²) in [5, 5.41) is 12.0. The van der Waals surface area contributed by atoms with Crippen LogP contribution in [0.5, 0.6) is 0 Å². The van der Waals surface area contributed by atoms with Crippen LogP contribution < -0.4 is 0 Å². The van der Waals surface area contributed by atoms with Crippen molar-refractivity contribution in [3.63, 3.8) is 0 Å². The van der Waals surface area contributed by atoms with Crippen molar-refractivity contribution in [2.45, 2.75) is 51.2 Å². The molecule has 4 rings (SSSR count). The van der Waals surface area contributed by atoms with E-state index in [1.807, 2.05) is 4.68 Å². The highest BCUT2D eigenvalue weighted by atomic mass is 16.3. The second-order valence-corrected chi connectivity index (χ2v) is 6.57. The van der Waals surface area contributed by atoms with Crippen LogP contribution in [0.1, 0.15) is 55.5 Å². The molecule has 0 saturated heterocycles. The summed E-state index contributed by atoms with van der Waals surface area (Å²) >= 11 is 0. The van der Waals surface area contributed by atoms with Crippen molar-refractivity contribution in [1.82, 2.24) is 25.1 Å². The van der Waals surface area contributed by atoms with Crippen LogP contribution in [0.3, 0.4) is 0 Å². The van der Waals surface area contributed by atoms with Gasteiger partial charge in [-0.25, -0.2) is 4.68 Å². The first-order valence-electron chi connectivity index (χ1n) is 7.74. The predicted molar refractivity (Wildman–Crippen MR) is 76.5 cm³/mol. The summed E-state index contributed by atoms with van der Waals surface area (Å²) in [5.41, 5.74) is 0. The van der Waals surface area contributed by atoms with Gasteiger partial charge in [-0.3, -0.25) is 4.90 Å². The zero-order chi connectivity index (χ0) is 14.4. The summed E-state index contributed by atoms with van der Waals surface area (Å²) in [5.74, 6) is 4.55. The third-order valence-corrected chi connectivity index (χ3v) is 4.45. The lowest BCUT2D eigenvalue weighted by Gasteiger charge is -2.14. The summed E-state index contributed by atoms with van der Waals surface area (Å²) in [6.45, 7) is 3.81. The third-order valence-electron chi connectivity index (χ3n) is 4.45. The van der Waals surface area contributed by atoms with Crippen LogP contribution in [0.15, 0.2) is 16.5 Å². The smallest absolute Gasteiger partial charge is 0.165 e. The maximum absolute atomic E-state index is 5.96. The van der Waals surface area contributed by atoms with E-state index >= 15 is 0 Å². The van der Waals surface area contributed by atoms with Crippen LogP contribution in [-0.2, 0) is 13.1 Å². The Morgan fingerprint density at radius 3 is 2.86 bits per heavy atom. The molecule has 2 unspecified atom stereocenters. The van der Waals surface area contributed by atoms with Crippen LogP contribution in [0.2, 0.25) is 0 Å². The minimum absolute atomic E-state index is 0.523. The molecular formula is C15H21N5O. The number of furan rings is 1. The van der Waals surface area contributed by atoms with Crippen molar-refractivity contribution in [3.8, 4) is 0 Å². The SMILES string of the molecule is CC1CC1c1ccc(CN(C)Cc2nnnn2C2CC2)o1. The Morgan fingerprint density at radius 1 is 1.33 bits per heavy atom. The second kappa shape index (κ2) is 4.94. The monoisotopic (exact) mass is 287 g/mol. The molecule has 2 fully saturated rings. The average Bonchev–Trinajstić information content (AvgIpc) is 3.33. The Bertz CT molecular complexity index is 630. The summed E-state index contributed by atoms with van der Waals surface area (Å²) in [6.07, 6.45) is 3.66. The molecule has 0 radical (unpaired) electrons. The molecule has 2 heterocycles. The number of tetrazole rings is 1. The number of rotatable bonds is 6. The molecule has 112 valence electrons. The van der Waals surface area contributed by atoms with E-state index in [9.17, 15) is 0 Å². The molecule has 0 N–H and O–H groups in total. The van der Waals surface area contributed by atoms with Crippen LogP contribution in [-0.4, -0.2) is 32.2 Å². The molecule has 2 aliphatic rings. The first-order valence-corrected chi connectivity index (χ1v) is 7.74. The van der Waals surface area contributed by atoms with Crippen molar-refractivity contribution in [2.75, 3.05) is 7.05 Å². The van der Waals surface area contributed by atoms with Gasteiger partial charge in [0.25, 0.3) is 0 Å². The van der Waals surface area contributed by atoms with Crippen LogP contribution in [0.25, 0.3) is 0 Å². The zero-order valence-corrected chi connectivity index (χ0v) is 12.6. The molecule has 21 heavy (non-hydrogen) atoms. The molecule has 0 amide bonds. The van der Waals surface area contributed by atoms with E-state index in [0.29, 0.717) is 12.0 Å². The summed E-state index contributed by atoms with van der Waals surface area (Å²) in [4.78, 5) is 2.20. The van der Waals surface area contributed by atoms with E-state index in [1.54, 1.807) is 0 Å². The Morgan fingerprint density at radius 2 is 2.14 bits per heavy atom. The van der Waals surface area contributed by atoms with Gasteiger partial charge in [-0.1, -0.05) is 6.92 Å². The Kier molecular flexibility index (Phi) is 3.06. The van der Waals surface area contributed by atoms with Gasteiger partial charge in [0.2, 0.25) is 0 Å². The molecule has 0 aliphatic heterocycles. The molecule has 2 aliphatic carbocycles. The Labute approximate surface area is 124 Å². The van der Waals surface area contributed by atoms with Crippen molar-refractivity contribution < 1.29 is 4.42 Å². The molecule has 6 nitrogen and oxygen atoms in total. The summed E-state index contributed by atoms with van der Waals surface area (Å²) in [7, 11) is 2.08. The van der Waals surface area contributed by atoms with Crippen LogP contribution >= 0.6 is 0 Å². The lowest BCUT2D eigenvalue weighted by Crippen LogP contribution is -2.20. The van der Waals surface area contributed by atoms with E-state index in [1.165, 1.54) is 19.3 Å². The molecule has 2 aromatic heterocycles. The van der Waals surface area contributed by atoms with E-state index < -0.39 is 0 Å². The molecule has 6 heteroatoms. The van der Waals surface area contributed by atoms with Crippen molar-refractivity contribution in [1.29, 1.82) is 0 Å². The van der Waals surface area contributed by atoms with E-state index in [0.717, 1.165) is 36.4 Å². The van der Waals surface area contributed by atoms with Crippen LogP contribution in [0, 0.1) is 5.92 Å². The van der Waals surface area contributed by atoms with Gasteiger partial charge in [0.1, 0.15) is 11.5 Å². The highest BCUT2D eigenvalue weighted by Crippen LogP contribution is 2.47. The highest BCUT2D eigenvalue weighted by Gasteiger charge is 2.36. The zero-order valence-electron chi connectivity index (χ0n) is 12.6. The lowest BCUT2D eigenvalue weighted by atomic mass is 10.3. The van der Waals surface area contributed by atoms with E-state index in [2.05, 4.69) is 46.5 Å². The molecular weight excluding hydrogens is 266 g/mol. The fraction of sp³-hybridized carbons (Fsp3) is 0.667. The van der Waals surface area contributed by atoms with Gasteiger partial charge < -0.3 is 4.42 Å². The van der Waals surface area contributed by atoms with E-state index in [-0.39, 0.29) is 0 Å². The molecule has 2 saturated carbocycles. The fourth-order valence-electron chi connectivity index (χ4n) is 2.88. The Hall–Kier alpha value is -1.69. The van der Waals surface area contributed by atoms with Crippen molar-refractivity contribution >= 4 is 0 Å². The lowest BCUT2D eigenvalue weighted by molar-refractivity contribution is 0.271. The molecule has 0 bridgehead atoms. The maximum atomic E-state index is 5.96. The second-order valence-electron chi connectivity index (χ2n) is 6.57. The minimum atomic E-state index is 0.523. The van der Waals surface area contributed by atoms with Crippen molar-refractivity contribution in [3.05, 3.63) is 29.5 Å².